The maximum atomic E-state index is 13.3. The van der Waals surface area contributed by atoms with Crippen molar-refractivity contribution < 1.29 is 4.39 Å². The monoisotopic (exact) mass is 367 g/mol. The molecule has 3 nitrogen and oxygen atoms in total. The number of rotatable bonds is 2. The lowest BCUT2D eigenvalue weighted by Crippen LogP contribution is -2.36. The van der Waals surface area contributed by atoms with Gasteiger partial charge in [0.2, 0.25) is 0 Å². The molecule has 2 aromatic carbocycles. The number of aliphatic imine (C=N–C) groups is 1. The maximum Gasteiger partial charge on any atom is 0.196 e. The molecule has 0 spiro atoms. The van der Waals surface area contributed by atoms with Gasteiger partial charge in [0.1, 0.15) is 5.82 Å². The van der Waals surface area contributed by atoms with E-state index >= 15 is 0 Å². The topological polar surface area (TPSA) is 41.6 Å². The van der Waals surface area contributed by atoms with Gasteiger partial charge in [0.05, 0.1) is 23.3 Å². The summed E-state index contributed by atoms with van der Waals surface area (Å²) >= 11 is 9.40. The zero-order valence-corrected chi connectivity index (χ0v) is 13.3. The normalized spacial score (nSPS) is 18.0. The highest BCUT2D eigenvalue weighted by Crippen LogP contribution is 2.36. The van der Waals surface area contributed by atoms with Gasteiger partial charge in [-0.3, -0.25) is 4.99 Å². The van der Waals surface area contributed by atoms with Crippen molar-refractivity contribution in [1.29, 1.82) is 0 Å². The first-order valence-corrected chi connectivity index (χ1v) is 7.53. The van der Waals surface area contributed by atoms with Crippen LogP contribution >= 0.6 is 27.5 Å². The minimum atomic E-state index is -0.431. The van der Waals surface area contributed by atoms with Crippen molar-refractivity contribution >= 4 is 39.2 Å². The molecule has 3 rings (SSSR count). The summed E-state index contributed by atoms with van der Waals surface area (Å²) in [5, 5.41) is 0.102. The van der Waals surface area contributed by atoms with E-state index in [4.69, 9.17) is 17.3 Å². The highest BCUT2D eigenvalue weighted by atomic mass is 79.9. The molecule has 1 heterocycles. The van der Waals surface area contributed by atoms with Gasteiger partial charge in [-0.05, 0) is 45.8 Å². The van der Waals surface area contributed by atoms with E-state index in [-0.39, 0.29) is 11.1 Å². The minimum Gasteiger partial charge on any atom is -0.369 e. The van der Waals surface area contributed by atoms with Crippen LogP contribution in [0.2, 0.25) is 5.02 Å². The van der Waals surface area contributed by atoms with Crippen molar-refractivity contribution in [2.24, 2.45) is 10.7 Å². The van der Waals surface area contributed by atoms with E-state index < -0.39 is 5.82 Å². The van der Waals surface area contributed by atoms with Gasteiger partial charge in [-0.2, -0.15) is 0 Å². The van der Waals surface area contributed by atoms with E-state index in [2.05, 4.69) is 20.9 Å². The molecule has 2 aromatic rings. The standard InChI is InChI=1S/C15H12BrClFN3/c16-10-3-1-2-4-13(10)21-14(8-20-15(21)19)9-5-6-12(18)11(17)7-9/h1-7,14H,8H2,(H2,19,20). The highest BCUT2D eigenvalue weighted by Gasteiger charge is 2.30. The van der Waals surface area contributed by atoms with Crippen LogP contribution in [0.15, 0.2) is 51.9 Å². The fourth-order valence-corrected chi connectivity index (χ4v) is 3.07. The first-order valence-electron chi connectivity index (χ1n) is 6.36. The van der Waals surface area contributed by atoms with Crippen molar-refractivity contribution in [2.75, 3.05) is 11.4 Å². The van der Waals surface area contributed by atoms with Gasteiger partial charge in [-0.15, -0.1) is 0 Å². The van der Waals surface area contributed by atoms with E-state index in [1.54, 1.807) is 12.1 Å². The van der Waals surface area contributed by atoms with Crippen LogP contribution in [0, 0.1) is 5.82 Å². The molecule has 1 unspecified atom stereocenters. The van der Waals surface area contributed by atoms with Crippen molar-refractivity contribution in [2.45, 2.75) is 6.04 Å². The fourth-order valence-electron chi connectivity index (χ4n) is 2.41. The van der Waals surface area contributed by atoms with Gasteiger partial charge in [-0.1, -0.05) is 29.8 Å². The summed E-state index contributed by atoms with van der Waals surface area (Å²) < 4.78 is 14.3. The van der Waals surface area contributed by atoms with Gasteiger partial charge in [0, 0.05) is 4.47 Å². The van der Waals surface area contributed by atoms with Crippen molar-refractivity contribution in [3.05, 3.63) is 63.3 Å². The van der Waals surface area contributed by atoms with Crippen LogP contribution in [0.4, 0.5) is 10.1 Å². The number of anilines is 1. The Kier molecular flexibility index (Phi) is 3.87. The van der Waals surface area contributed by atoms with Crippen molar-refractivity contribution in [3.8, 4) is 0 Å². The van der Waals surface area contributed by atoms with E-state index in [1.807, 2.05) is 29.2 Å². The molecule has 0 amide bonds. The lowest BCUT2D eigenvalue weighted by atomic mass is 10.1. The smallest absolute Gasteiger partial charge is 0.196 e. The van der Waals surface area contributed by atoms with E-state index in [9.17, 15) is 4.39 Å². The molecule has 1 atom stereocenters. The van der Waals surface area contributed by atoms with Crippen LogP contribution in [0.25, 0.3) is 0 Å². The molecule has 1 aliphatic heterocycles. The Balaban J connectivity index is 2.03. The zero-order chi connectivity index (χ0) is 15.0. The molecular formula is C15H12BrClFN3. The zero-order valence-electron chi connectivity index (χ0n) is 10.9. The summed E-state index contributed by atoms with van der Waals surface area (Å²) in [6, 6.07) is 12.4. The minimum absolute atomic E-state index is 0.0956. The number of guanidine groups is 1. The SMILES string of the molecule is NC1=NCC(c2ccc(F)c(Cl)c2)N1c1ccccc1Br. The molecule has 6 heteroatoms. The van der Waals surface area contributed by atoms with Crippen LogP contribution in [0.5, 0.6) is 0 Å². The number of hydrogen-bond donors (Lipinski definition) is 1. The summed E-state index contributed by atoms with van der Waals surface area (Å²) in [4.78, 5) is 6.23. The van der Waals surface area contributed by atoms with Crippen LogP contribution in [-0.2, 0) is 0 Å². The van der Waals surface area contributed by atoms with Crippen LogP contribution in [0.3, 0.4) is 0 Å². The van der Waals surface area contributed by atoms with E-state index in [0.29, 0.717) is 12.5 Å². The summed E-state index contributed by atoms with van der Waals surface area (Å²) in [6.45, 7) is 0.509. The van der Waals surface area contributed by atoms with Gasteiger partial charge in [0.15, 0.2) is 5.96 Å². The average molecular weight is 369 g/mol. The van der Waals surface area contributed by atoms with Crippen LogP contribution < -0.4 is 10.6 Å². The summed E-state index contributed by atoms with van der Waals surface area (Å²) in [7, 11) is 0. The number of para-hydroxylation sites is 1. The Bertz CT molecular complexity index is 720. The Hall–Kier alpha value is -1.59. The second-order valence-corrected chi connectivity index (χ2v) is 5.97. The summed E-state index contributed by atoms with van der Waals surface area (Å²) in [6.07, 6.45) is 0. The molecule has 0 radical (unpaired) electrons. The van der Waals surface area contributed by atoms with E-state index in [0.717, 1.165) is 15.7 Å². The molecule has 0 saturated heterocycles. The lowest BCUT2D eigenvalue weighted by molar-refractivity contribution is 0.626. The fraction of sp³-hybridized carbons (Fsp3) is 0.133. The number of hydrogen-bond acceptors (Lipinski definition) is 3. The molecule has 0 saturated carbocycles. The maximum absolute atomic E-state index is 13.3. The second-order valence-electron chi connectivity index (χ2n) is 4.71. The van der Waals surface area contributed by atoms with Crippen LogP contribution in [-0.4, -0.2) is 12.5 Å². The largest absolute Gasteiger partial charge is 0.369 e. The number of benzene rings is 2. The average Bonchev–Trinajstić information content (AvgIpc) is 2.84. The van der Waals surface area contributed by atoms with E-state index in [1.165, 1.54) is 6.07 Å². The first kappa shape index (κ1) is 14.4. The van der Waals surface area contributed by atoms with Gasteiger partial charge in [0.25, 0.3) is 0 Å². The third-order valence-corrected chi connectivity index (χ3v) is 4.39. The predicted molar refractivity (Wildman–Crippen MR) is 87.3 cm³/mol. The Morgan fingerprint density at radius 3 is 2.76 bits per heavy atom. The summed E-state index contributed by atoms with van der Waals surface area (Å²) in [5.74, 6) is 0.00657. The van der Waals surface area contributed by atoms with Gasteiger partial charge < -0.3 is 10.6 Å². The molecular weight excluding hydrogens is 357 g/mol. The van der Waals surface area contributed by atoms with Gasteiger partial charge in [-0.25, -0.2) is 4.39 Å². The Morgan fingerprint density at radius 2 is 2.05 bits per heavy atom. The number of halogens is 3. The molecule has 1 aliphatic rings. The van der Waals surface area contributed by atoms with Crippen molar-refractivity contribution in [3.63, 3.8) is 0 Å². The lowest BCUT2D eigenvalue weighted by Gasteiger charge is -2.27. The summed E-state index contributed by atoms with van der Waals surface area (Å²) in [5.41, 5.74) is 7.82. The van der Waals surface area contributed by atoms with Crippen LogP contribution in [0.1, 0.15) is 11.6 Å². The Morgan fingerprint density at radius 1 is 1.29 bits per heavy atom. The second kappa shape index (κ2) is 5.66. The molecule has 0 aromatic heterocycles. The third-order valence-electron chi connectivity index (χ3n) is 3.43. The van der Waals surface area contributed by atoms with Crippen molar-refractivity contribution in [1.82, 2.24) is 0 Å². The third kappa shape index (κ3) is 2.63. The first-order chi connectivity index (χ1) is 10.1. The van der Waals surface area contributed by atoms with Gasteiger partial charge >= 0.3 is 0 Å². The highest BCUT2D eigenvalue weighted by molar-refractivity contribution is 9.10. The molecule has 21 heavy (non-hydrogen) atoms. The quantitative estimate of drug-likeness (QED) is 0.866. The number of nitrogens with two attached hydrogens (primary N) is 1. The molecule has 0 bridgehead atoms. The number of nitrogens with zero attached hydrogens (tertiary/aromatic N) is 2. The predicted octanol–water partition coefficient (Wildman–Crippen LogP) is 4.12. The molecule has 0 fully saturated rings. The molecule has 108 valence electrons. The molecule has 0 aliphatic carbocycles. The Labute approximate surface area is 135 Å². The molecule has 2 N–H and O–H groups in total.